The van der Waals surface area contributed by atoms with Crippen LogP contribution in [0.2, 0.25) is 0 Å². The normalized spacial score (nSPS) is 18.2. The van der Waals surface area contributed by atoms with Crippen LogP contribution in [0.5, 0.6) is 5.75 Å². The molecule has 2 fully saturated rings. The molecular formula is C31H37FN4O4. The van der Waals surface area contributed by atoms with Gasteiger partial charge in [0.1, 0.15) is 11.3 Å². The van der Waals surface area contributed by atoms with Gasteiger partial charge in [-0.2, -0.15) is 0 Å². The van der Waals surface area contributed by atoms with E-state index in [1.807, 2.05) is 24.9 Å². The first-order valence-electron chi connectivity index (χ1n) is 14.4. The predicted octanol–water partition coefficient (Wildman–Crippen LogP) is 4.65. The zero-order valence-electron chi connectivity index (χ0n) is 23.6. The summed E-state index contributed by atoms with van der Waals surface area (Å²) in [5, 5.41) is 10.4. The van der Waals surface area contributed by atoms with Gasteiger partial charge in [0.2, 0.25) is 0 Å². The van der Waals surface area contributed by atoms with Gasteiger partial charge in [-0.05, 0) is 73.9 Å². The molecule has 1 N–H and O–H groups in total. The maximum absolute atomic E-state index is 15.4. The Bertz CT molecular complexity index is 1500. The third-order valence-electron chi connectivity index (χ3n) is 9.18. The van der Waals surface area contributed by atoms with Gasteiger partial charge in [0, 0.05) is 55.9 Å². The topological polar surface area (TPSA) is 87.9 Å². The number of carboxylic acid groups (broad SMARTS) is 1. The summed E-state index contributed by atoms with van der Waals surface area (Å²) in [6.07, 6.45) is 6.31. The maximum atomic E-state index is 15.4. The number of nitrogens with zero attached hydrogens (tertiary/aromatic N) is 4. The van der Waals surface area contributed by atoms with Crippen LogP contribution in [0.25, 0.3) is 22.2 Å². The smallest absolute Gasteiger partial charge is 0.307 e. The molecule has 212 valence electrons. The molecule has 0 unspecified atom stereocenters. The maximum Gasteiger partial charge on any atom is 0.307 e. The molecule has 8 nitrogen and oxygen atoms in total. The second-order valence-electron chi connectivity index (χ2n) is 11.5. The number of hydrogen-bond acceptors (Lipinski definition) is 5. The number of benzene rings is 1. The number of aliphatic carboxylic acids is 1. The quantitative estimate of drug-likeness (QED) is 0.500. The molecule has 0 spiro atoms. The molecule has 1 aliphatic carbocycles. The summed E-state index contributed by atoms with van der Waals surface area (Å²) in [6, 6.07) is 3.92. The summed E-state index contributed by atoms with van der Waals surface area (Å²) in [5.74, 6) is -1.21. The number of aryl methyl sites for hydroxylation is 2. The van der Waals surface area contributed by atoms with Gasteiger partial charge in [0.25, 0.3) is 5.91 Å². The van der Waals surface area contributed by atoms with E-state index in [9.17, 15) is 14.7 Å². The minimum Gasteiger partial charge on any atom is -0.490 e. The van der Waals surface area contributed by atoms with E-state index in [4.69, 9.17) is 9.72 Å². The number of hydrogen-bond donors (Lipinski definition) is 1. The molecule has 6 rings (SSSR count). The molecule has 3 aromatic rings. The standard InChI is InChI=1S/C31H37FN4O4/c1-18-21-9-6-14-40-29(21)25(32)15-22(18)28-23(17-27(37)38)19(2)33-30-24(28)16-26(34(30)3)31(39)36-12-10-35(11-13-36)20-7-4-5-8-20/h15-16,20H,4-14,17H2,1-3H3,(H,37,38). The molecule has 1 amide bonds. The molecule has 0 bridgehead atoms. The molecule has 1 aromatic carbocycles. The van der Waals surface area contributed by atoms with E-state index in [1.54, 1.807) is 11.5 Å². The number of carbonyl (C=O) groups excluding carboxylic acids is 1. The molecule has 3 aliphatic rings. The van der Waals surface area contributed by atoms with Crippen molar-refractivity contribution in [3.05, 3.63) is 46.0 Å². The van der Waals surface area contributed by atoms with Crippen molar-refractivity contribution in [2.45, 2.75) is 64.8 Å². The number of rotatable bonds is 5. The Morgan fingerprint density at radius 1 is 1.10 bits per heavy atom. The van der Waals surface area contributed by atoms with E-state index in [0.29, 0.717) is 71.3 Å². The van der Waals surface area contributed by atoms with Gasteiger partial charge in [0.05, 0.1) is 13.0 Å². The summed E-state index contributed by atoms with van der Waals surface area (Å²) < 4.78 is 22.8. The van der Waals surface area contributed by atoms with E-state index >= 15 is 4.39 Å². The van der Waals surface area contributed by atoms with Crippen molar-refractivity contribution in [1.29, 1.82) is 0 Å². The molecule has 2 aromatic heterocycles. The van der Waals surface area contributed by atoms with E-state index in [0.717, 1.165) is 30.6 Å². The minimum atomic E-state index is -0.989. The highest BCUT2D eigenvalue weighted by atomic mass is 19.1. The largest absolute Gasteiger partial charge is 0.490 e. The van der Waals surface area contributed by atoms with Crippen LogP contribution in [0.1, 0.15) is 65.0 Å². The Hall–Kier alpha value is -3.46. The Morgan fingerprint density at radius 2 is 1.82 bits per heavy atom. The third kappa shape index (κ3) is 4.54. The van der Waals surface area contributed by atoms with Crippen LogP contribution < -0.4 is 4.74 Å². The number of fused-ring (bicyclic) bond motifs is 2. The van der Waals surface area contributed by atoms with E-state index in [1.165, 1.54) is 31.7 Å². The molecule has 40 heavy (non-hydrogen) atoms. The monoisotopic (exact) mass is 548 g/mol. The number of amides is 1. The first kappa shape index (κ1) is 26.7. The van der Waals surface area contributed by atoms with Crippen LogP contribution in [0.3, 0.4) is 0 Å². The highest BCUT2D eigenvalue weighted by Crippen LogP contribution is 2.42. The number of pyridine rings is 1. The third-order valence-corrected chi connectivity index (χ3v) is 9.18. The van der Waals surface area contributed by atoms with Gasteiger partial charge in [-0.1, -0.05) is 12.8 Å². The van der Waals surface area contributed by atoms with Gasteiger partial charge in [0.15, 0.2) is 11.6 Å². The fraction of sp³-hybridized carbons (Fsp3) is 0.516. The summed E-state index contributed by atoms with van der Waals surface area (Å²) in [7, 11) is 1.82. The summed E-state index contributed by atoms with van der Waals surface area (Å²) >= 11 is 0. The second kappa shape index (κ2) is 10.5. The van der Waals surface area contributed by atoms with Gasteiger partial charge in [-0.3, -0.25) is 14.5 Å². The van der Waals surface area contributed by atoms with Crippen molar-refractivity contribution >= 4 is 22.9 Å². The van der Waals surface area contributed by atoms with E-state index in [-0.39, 0.29) is 18.1 Å². The van der Waals surface area contributed by atoms with Crippen LogP contribution in [-0.4, -0.2) is 75.2 Å². The molecule has 4 heterocycles. The highest BCUT2D eigenvalue weighted by molar-refractivity contribution is 6.04. The molecule has 0 radical (unpaired) electrons. The average molecular weight is 549 g/mol. The van der Waals surface area contributed by atoms with Gasteiger partial charge < -0.3 is 19.3 Å². The van der Waals surface area contributed by atoms with Crippen molar-refractivity contribution in [2.75, 3.05) is 32.8 Å². The molecule has 2 aliphatic heterocycles. The molecule has 0 atom stereocenters. The number of carbonyl (C=O) groups is 2. The first-order chi connectivity index (χ1) is 19.2. The molecule has 9 heteroatoms. The zero-order chi connectivity index (χ0) is 28.1. The zero-order valence-corrected chi connectivity index (χ0v) is 23.6. The van der Waals surface area contributed by atoms with Crippen LogP contribution >= 0.6 is 0 Å². The lowest BCUT2D eigenvalue weighted by Gasteiger charge is -2.38. The molecular weight excluding hydrogens is 511 g/mol. The predicted molar refractivity (Wildman–Crippen MR) is 150 cm³/mol. The summed E-state index contributed by atoms with van der Waals surface area (Å²) in [5.41, 5.74) is 5.14. The summed E-state index contributed by atoms with van der Waals surface area (Å²) in [6.45, 7) is 7.30. The van der Waals surface area contributed by atoms with Crippen molar-refractivity contribution in [3.63, 3.8) is 0 Å². The SMILES string of the molecule is Cc1nc2c(cc(C(=O)N3CCN(C4CCCC4)CC3)n2C)c(-c2cc(F)c3c(c2C)CCCO3)c1CC(=O)O. The van der Waals surface area contributed by atoms with E-state index in [2.05, 4.69) is 4.90 Å². The molecule has 1 saturated heterocycles. The van der Waals surface area contributed by atoms with Gasteiger partial charge in [-0.25, -0.2) is 9.37 Å². The van der Waals surface area contributed by atoms with Crippen molar-refractivity contribution in [2.24, 2.45) is 7.05 Å². The van der Waals surface area contributed by atoms with Crippen LogP contribution in [0, 0.1) is 19.7 Å². The number of aromatic nitrogens is 2. The Labute approximate surface area is 233 Å². The van der Waals surface area contributed by atoms with Crippen LogP contribution in [-0.2, 0) is 24.7 Å². The van der Waals surface area contributed by atoms with Crippen molar-refractivity contribution < 1.29 is 23.8 Å². The lowest BCUT2D eigenvalue weighted by Crippen LogP contribution is -2.51. The first-order valence-corrected chi connectivity index (χ1v) is 14.4. The lowest BCUT2D eigenvalue weighted by molar-refractivity contribution is -0.136. The summed E-state index contributed by atoms with van der Waals surface area (Å²) in [4.78, 5) is 35.0. The Balaban J connectivity index is 1.44. The Morgan fingerprint density at radius 3 is 2.52 bits per heavy atom. The fourth-order valence-corrected chi connectivity index (χ4v) is 7.00. The number of piperazine rings is 1. The van der Waals surface area contributed by atoms with Crippen molar-refractivity contribution in [3.8, 4) is 16.9 Å². The second-order valence-corrected chi connectivity index (χ2v) is 11.5. The van der Waals surface area contributed by atoms with E-state index < -0.39 is 11.8 Å². The van der Waals surface area contributed by atoms with Gasteiger partial charge >= 0.3 is 5.97 Å². The fourth-order valence-electron chi connectivity index (χ4n) is 7.00. The Kier molecular flexibility index (Phi) is 7.02. The lowest BCUT2D eigenvalue weighted by atomic mass is 9.87. The minimum absolute atomic E-state index is 0.0586. The highest BCUT2D eigenvalue weighted by Gasteiger charge is 2.31. The van der Waals surface area contributed by atoms with Crippen LogP contribution in [0.15, 0.2) is 12.1 Å². The number of ether oxygens (including phenoxy) is 1. The van der Waals surface area contributed by atoms with Crippen molar-refractivity contribution in [1.82, 2.24) is 19.4 Å². The number of carboxylic acids is 1. The molecule has 1 saturated carbocycles. The number of halogens is 1. The van der Waals surface area contributed by atoms with Gasteiger partial charge in [-0.15, -0.1) is 0 Å². The average Bonchev–Trinajstić information content (AvgIpc) is 3.60. The van der Waals surface area contributed by atoms with Crippen LogP contribution in [0.4, 0.5) is 4.39 Å².